The molecular weight excluding hydrogens is 328 g/mol. The van der Waals surface area contributed by atoms with Crippen LogP contribution in [-0.2, 0) is 4.79 Å². The number of carbonyl (C=O) groups excluding carboxylic acids is 1. The molecule has 1 amide bonds. The molecule has 0 saturated heterocycles. The van der Waals surface area contributed by atoms with Crippen LogP contribution in [0.1, 0.15) is 35.6 Å². The van der Waals surface area contributed by atoms with E-state index in [-0.39, 0.29) is 17.2 Å². The summed E-state index contributed by atoms with van der Waals surface area (Å²) in [5.74, 6) is 0.149. The van der Waals surface area contributed by atoms with Crippen molar-refractivity contribution in [1.82, 2.24) is 4.98 Å². The van der Waals surface area contributed by atoms with Gasteiger partial charge in [-0.1, -0.05) is 60.7 Å². The number of nitrogens with one attached hydrogen (secondary N) is 1. The van der Waals surface area contributed by atoms with Crippen molar-refractivity contribution < 1.29 is 4.79 Å². The molecule has 1 N–H and O–H groups in total. The first-order valence-corrected chi connectivity index (χ1v) is 9.40. The lowest BCUT2D eigenvalue weighted by Gasteiger charge is -2.27. The third-order valence-electron chi connectivity index (χ3n) is 4.90. The zero-order valence-corrected chi connectivity index (χ0v) is 14.9. The first-order chi connectivity index (χ1) is 12.2. The number of aromatic nitrogens is 1. The molecule has 2 aromatic carbocycles. The van der Waals surface area contributed by atoms with Crippen LogP contribution in [0.4, 0.5) is 5.13 Å². The SMILES string of the molecule is Cc1csc(NC(=O)C2(C(c3ccccc3)c3ccccc3)CC2)n1. The molecule has 0 aliphatic heterocycles. The molecule has 3 nitrogen and oxygen atoms in total. The highest BCUT2D eigenvalue weighted by atomic mass is 32.1. The third kappa shape index (κ3) is 3.10. The number of aryl methyl sites for hydroxylation is 1. The molecule has 0 radical (unpaired) electrons. The van der Waals surface area contributed by atoms with Gasteiger partial charge in [-0.15, -0.1) is 11.3 Å². The standard InChI is InChI=1S/C21H20N2OS/c1-15-14-25-20(22-15)23-19(24)21(12-13-21)18(16-8-4-2-5-9-16)17-10-6-3-7-11-17/h2-11,14,18H,12-13H2,1H3,(H,22,23,24). The van der Waals surface area contributed by atoms with Gasteiger partial charge >= 0.3 is 0 Å². The number of amides is 1. The van der Waals surface area contributed by atoms with Crippen molar-refractivity contribution in [1.29, 1.82) is 0 Å². The smallest absolute Gasteiger partial charge is 0.233 e. The van der Waals surface area contributed by atoms with E-state index in [9.17, 15) is 4.79 Å². The van der Waals surface area contributed by atoms with E-state index in [0.717, 1.165) is 18.5 Å². The van der Waals surface area contributed by atoms with Gasteiger partial charge in [-0.3, -0.25) is 4.79 Å². The van der Waals surface area contributed by atoms with E-state index in [2.05, 4.69) is 34.6 Å². The Labute approximate surface area is 151 Å². The van der Waals surface area contributed by atoms with Gasteiger partial charge in [0, 0.05) is 11.3 Å². The average Bonchev–Trinajstić information content (AvgIpc) is 3.33. The van der Waals surface area contributed by atoms with Crippen molar-refractivity contribution in [3.63, 3.8) is 0 Å². The third-order valence-corrected chi connectivity index (χ3v) is 5.77. The van der Waals surface area contributed by atoms with Gasteiger partial charge in [0.15, 0.2) is 5.13 Å². The van der Waals surface area contributed by atoms with Crippen LogP contribution in [0.15, 0.2) is 66.0 Å². The summed E-state index contributed by atoms with van der Waals surface area (Å²) in [5, 5.41) is 5.70. The van der Waals surface area contributed by atoms with Crippen molar-refractivity contribution in [2.45, 2.75) is 25.7 Å². The largest absolute Gasteiger partial charge is 0.301 e. The zero-order chi connectivity index (χ0) is 17.3. The minimum atomic E-state index is -0.387. The van der Waals surface area contributed by atoms with E-state index >= 15 is 0 Å². The molecule has 1 aliphatic rings. The number of benzene rings is 2. The first-order valence-electron chi connectivity index (χ1n) is 8.52. The molecule has 1 aliphatic carbocycles. The van der Waals surface area contributed by atoms with Gasteiger partial charge in [-0.2, -0.15) is 0 Å². The Bertz CT molecular complexity index is 830. The Morgan fingerprint density at radius 2 is 1.60 bits per heavy atom. The molecule has 4 heteroatoms. The number of carbonyl (C=O) groups is 1. The predicted octanol–water partition coefficient (Wildman–Crippen LogP) is 5.00. The van der Waals surface area contributed by atoms with Gasteiger partial charge in [0.25, 0.3) is 0 Å². The highest BCUT2D eigenvalue weighted by Crippen LogP contribution is 2.59. The molecule has 1 fully saturated rings. The van der Waals surface area contributed by atoms with Crippen molar-refractivity contribution in [2.24, 2.45) is 5.41 Å². The van der Waals surface area contributed by atoms with E-state index in [1.54, 1.807) is 0 Å². The van der Waals surface area contributed by atoms with E-state index < -0.39 is 0 Å². The van der Waals surface area contributed by atoms with Gasteiger partial charge in [0.1, 0.15) is 0 Å². The Morgan fingerprint density at radius 1 is 1.04 bits per heavy atom. The molecule has 0 unspecified atom stereocenters. The predicted molar refractivity (Wildman–Crippen MR) is 102 cm³/mol. The Hall–Kier alpha value is -2.46. The fraction of sp³-hybridized carbons (Fsp3) is 0.238. The second-order valence-electron chi connectivity index (χ2n) is 6.66. The molecule has 25 heavy (non-hydrogen) atoms. The fourth-order valence-corrected chi connectivity index (χ4v) is 4.22. The maximum atomic E-state index is 13.1. The fourth-order valence-electron chi connectivity index (χ4n) is 3.54. The van der Waals surface area contributed by atoms with Gasteiger partial charge < -0.3 is 5.32 Å². The molecule has 1 aromatic heterocycles. The molecule has 4 rings (SSSR count). The van der Waals surface area contributed by atoms with Gasteiger partial charge in [0.2, 0.25) is 5.91 Å². The normalized spacial score (nSPS) is 15.1. The van der Waals surface area contributed by atoms with Crippen LogP contribution < -0.4 is 5.32 Å². The van der Waals surface area contributed by atoms with Crippen molar-refractivity contribution in [3.8, 4) is 0 Å². The summed E-state index contributed by atoms with van der Waals surface area (Å²) in [4.78, 5) is 17.5. The minimum Gasteiger partial charge on any atom is -0.301 e. The second kappa shape index (κ2) is 6.45. The van der Waals surface area contributed by atoms with Crippen LogP contribution in [0.25, 0.3) is 0 Å². The second-order valence-corrected chi connectivity index (χ2v) is 7.52. The highest BCUT2D eigenvalue weighted by Gasteiger charge is 2.56. The molecule has 0 bridgehead atoms. The lowest BCUT2D eigenvalue weighted by atomic mass is 9.77. The topological polar surface area (TPSA) is 42.0 Å². The molecule has 1 heterocycles. The number of hydrogen-bond acceptors (Lipinski definition) is 3. The quantitative estimate of drug-likeness (QED) is 0.705. The molecule has 126 valence electrons. The van der Waals surface area contributed by atoms with Crippen LogP contribution in [0.3, 0.4) is 0 Å². The van der Waals surface area contributed by atoms with Crippen LogP contribution in [0.2, 0.25) is 0 Å². The number of anilines is 1. The molecule has 1 saturated carbocycles. The Morgan fingerprint density at radius 3 is 2.04 bits per heavy atom. The molecule has 3 aromatic rings. The summed E-state index contributed by atoms with van der Waals surface area (Å²) in [6.45, 7) is 1.94. The summed E-state index contributed by atoms with van der Waals surface area (Å²) >= 11 is 1.48. The van der Waals surface area contributed by atoms with Crippen LogP contribution in [0, 0.1) is 12.3 Å². The number of rotatable bonds is 5. The Kier molecular flexibility index (Phi) is 4.14. The van der Waals surface area contributed by atoms with E-state index in [4.69, 9.17) is 0 Å². The van der Waals surface area contributed by atoms with Crippen LogP contribution >= 0.6 is 11.3 Å². The van der Waals surface area contributed by atoms with E-state index in [1.807, 2.05) is 48.7 Å². The lowest BCUT2D eigenvalue weighted by Crippen LogP contribution is -2.30. The zero-order valence-electron chi connectivity index (χ0n) is 14.1. The summed E-state index contributed by atoms with van der Waals surface area (Å²) in [6.07, 6.45) is 1.80. The van der Waals surface area contributed by atoms with Gasteiger partial charge in [0.05, 0.1) is 11.1 Å². The summed E-state index contributed by atoms with van der Waals surface area (Å²) in [6, 6.07) is 20.7. The summed E-state index contributed by atoms with van der Waals surface area (Å²) < 4.78 is 0. The van der Waals surface area contributed by atoms with Crippen LogP contribution in [0.5, 0.6) is 0 Å². The Balaban J connectivity index is 1.70. The highest BCUT2D eigenvalue weighted by molar-refractivity contribution is 7.13. The van der Waals surface area contributed by atoms with Crippen molar-refractivity contribution >= 4 is 22.4 Å². The van der Waals surface area contributed by atoms with Gasteiger partial charge in [-0.05, 0) is 30.9 Å². The average molecular weight is 348 g/mol. The summed E-state index contributed by atoms with van der Waals surface area (Å²) in [7, 11) is 0. The first kappa shape index (κ1) is 16.0. The lowest BCUT2D eigenvalue weighted by molar-refractivity contribution is -0.121. The van der Waals surface area contributed by atoms with E-state index in [0.29, 0.717) is 5.13 Å². The number of hydrogen-bond donors (Lipinski definition) is 1. The minimum absolute atomic E-state index is 0.0657. The van der Waals surface area contributed by atoms with Crippen LogP contribution in [-0.4, -0.2) is 10.9 Å². The summed E-state index contributed by atoms with van der Waals surface area (Å²) in [5.41, 5.74) is 2.93. The molecule has 0 atom stereocenters. The van der Waals surface area contributed by atoms with Gasteiger partial charge in [-0.25, -0.2) is 4.98 Å². The monoisotopic (exact) mass is 348 g/mol. The number of nitrogens with zero attached hydrogens (tertiary/aromatic N) is 1. The number of thiazole rings is 1. The van der Waals surface area contributed by atoms with Crippen molar-refractivity contribution in [3.05, 3.63) is 82.9 Å². The van der Waals surface area contributed by atoms with Crippen molar-refractivity contribution in [2.75, 3.05) is 5.32 Å². The maximum Gasteiger partial charge on any atom is 0.233 e. The molecular formula is C21H20N2OS. The van der Waals surface area contributed by atoms with E-state index in [1.165, 1.54) is 22.5 Å². The maximum absolute atomic E-state index is 13.1. The molecule has 0 spiro atoms.